The number of hydrogen-bond acceptors (Lipinski definition) is 3. The van der Waals surface area contributed by atoms with Gasteiger partial charge in [-0.15, -0.1) is 0 Å². The number of carboxylic acids is 1. The molecule has 0 aromatic heterocycles. The van der Waals surface area contributed by atoms with Crippen LogP contribution >= 0.6 is 0 Å². The summed E-state index contributed by atoms with van der Waals surface area (Å²) < 4.78 is 5.90. The van der Waals surface area contributed by atoms with Crippen molar-refractivity contribution >= 4 is 11.8 Å². The molecule has 2 aromatic carbocycles. The molecule has 2 aromatic rings. The molecule has 130 valence electrons. The second-order valence-electron chi connectivity index (χ2n) is 6.29. The van der Waals surface area contributed by atoms with Crippen molar-refractivity contribution in [1.82, 2.24) is 0 Å². The molecule has 25 heavy (non-hydrogen) atoms. The molecule has 1 N–H and O–H groups in total. The maximum Gasteiger partial charge on any atom is 0.303 e. The zero-order valence-corrected chi connectivity index (χ0v) is 14.4. The Balaban J connectivity index is 1.97. The van der Waals surface area contributed by atoms with Gasteiger partial charge in [0.2, 0.25) is 0 Å². The normalized spacial score (nSPS) is 12.9. The summed E-state index contributed by atoms with van der Waals surface area (Å²) in [4.78, 5) is 22.8. The molecular formula is C21H22O4. The molecular weight excluding hydrogens is 316 g/mol. The lowest BCUT2D eigenvalue weighted by molar-refractivity contribution is -0.137. The van der Waals surface area contributed by atoms with E-state index in [0.717, 1.165) is 35.1 Å². The Hall–Kier alpha value is -2.62. The van der Waals surface area contributed by atoms with Crippen molar-refractivity contribution < 1.29 is 19.4 Å². The van der Waals surface area contributed by atoms with Gasteiger partial charge in [-0.05, 0) is 48.1 Å². The molecule has 4 heteroatoms. The van der Waals surface area contributed by atoms with Crippen LogP contribution in [0, 0.1) is 0 Å². The number of rotatable bonds is 7. The third-order valence-electron chi connectivity index (χ3n) is 4.61. The lowest BCUT2D eigenvalue weighted by Crippen LogP contribution is -2.04. The Bertz CT molecular complexity index is 808. The third kappa shape index (κ3) is 3.73. The van der Waals surface area contributed by atoms with Crippen molar-refractivity contribution in [2.75, 3.05) is 6.61 Å². The first-order valence-electron chi connectivity index (χ1n) is 8.73. The summed E-state index contributed by atoms with van der Waals surface area (Å²) in [5.41, 5.74) is 5.14. The van der Waals surface area contributed by atoms with E-state index in [2.05, 4.69) is 25.1 Å². The SMILES string of the molecule is CCc1ccccc1-c1cc2c(cc1OCCCC(=O)O)C(=O)CC2. The van der Waals surface area contributed by atoms with Crippen LogP contribution in [0.3, 0.4) is 0 Å². The number of carboxylic acid groups (broad SMARTS) is 1. The van der Waals surface area contributed by atoms with E-state index in [0.29, 0.717) is 25.2 Å². The number of ether oxygens (including phenoxy) is 1. The molecule has 0 saturated heterocycles. The monoisotopic (exact) mass is 338 g/mol. The summed E-state index contributed by atoms with van der Waals surface area (Å²) in [5.74, 6) is -0.00900. The van der Waals surface area contributed by atoms with E-state index in [1.165, 1.54) is 5.56 Å². The second-order valence-corrected chi connectivity index (χ2v) is 6.29. The van der Waals surface area contributed by atoms with Gasteiger partial charge < -0.3 is 9.84 Å². The van der Waals surface area contributed by atoms with Crippen molar-refractivity contribution in [1.29, 1.82) is 0 Å². The van der Waals surface area contributed by atoms with Crippen LogP contribution in [0.15, 0.2) is 36.4 Å². The van der Waals surface area contributed by atoms with Gasteiger partial charge in [-0.3, -0.25) is 9.59 Å². The molecule has 0 fully saturated rings. The molecule has 0 heterocycles. The first kappa shape index (κ1) is 17.2. The van der Waals surface area contributed by atoms with Gasteiger partial charge in [0.1, 0.15) is 5.75 Å². The minimum absolute atomic E-state index is 0.0742. The highest BCUT2D eigenvalue weighted by Gasteiger charge is 2.23. The van der Waals surface area contributed by atoms with Crippen LogP contribution in [-0.2, 0) is 17.6 Å². The van der Waals surface area contributed by atoms with E-state index in [-0.39, 0.29) is 12.2 Å². The van der Waals surface area contributed by atoms with Gasteiger partial charge in [0.05, 0.1) is 6.61 Å². The highest BCUT2D eigenvalue weighted by molar-refractivity contribution is 6.01. The largest absolute Gasteiger partial charge is 0.493 e. The van der Waals surface area contributed by atoms with Gasteiger partial charge >= 0.3 is 5.97 Å². The number of aliphatic carboxylic acids is 1. The van der Waals surface area contributed by atoms with Crippen LogP contribution in [0.2, 0.25) is 0 Å². The summed E-state index contributed by atoms with van der Waals surface area (Å²) in [5, 5.41) is 8.77. The molecule has 3 rings (SSSR count). The zero-order chi connectivity index (χ0) is 17.8. The third-order valence-corrected chi connectivity index (χ3v) is 4.61. The van der Waals surface area contributed by atoms with Gasteiger partial charge in [-0.2, -0.15) is 0 Å². The average molecular weight is 338 g/mol. The molecule has 0 radical (unpaired) electrons. The van der Waals surface area contributed by atoms with Crippen molar-refractivity contribution in [3.8, 4) is 16.9 Å². The first-order valence-corrected chi connectivity index (χ1v) is 8.73. The fourth-order valence-electron chi connectivity index (χ4n) is 3.30. The topological polar surface area (TPSA) is 63.6 Å². The molecule has 0 saturated carbocycles. The molecule has 0 spiro atoms. The summed E-state index contributed by atoms with van der Waals surface area (Å²) in [6, 6.07) is 12.1. The molecule has 1 aliphatic carbocycles. The van der Waals surface area contributed by atoms with Crippen molar-refractivity contribution in [3.05, 3.63) is 53.1 Å². The number of Topliss-reactive ketones (excluding diaryl/α,β-unsaturated/α-hetero) is 1. The van der Waals surface area contributed by atoms with E-state index in [4.69, 9.17) is 9.84 Å². The van der Waals surface area contributed by atoms with Crippen LogP contribution in [0.5, 0.6) is 5.75 Å². The van der Waals surface area contributed by atoms with Gasteiger partial charge in [0, 0.05) is 24.0 Å². The van der Waals surface area contributed by atoms with Crippen molar-refractivity contribution in [2.24, 2.45) is 0 Å². The lowest BCUT2D eigenvalue weighted by Gasteiger charge is -2.16. The minimum atomic E-state index is -0.829. The van der Waals surface area contributed by atoms with Crippen molar-refractivity contribution in [3.63, 3.8) is 0 Å². The minimum Gasteiger partial charge on any atom is -0.493 e. The lowest BCUT2D eigenvalue weighted by atomic mass is 9.94. The van der Waals surface area contributed by atoms with Crippen LogP contribution in [0.4, 0.5) is 0 Å². The average Bonchev–Trinajstić information content (AvgIpc) is 2.98. The Kier molecular flexibility index (Phi) is 5.17. The summed E-state index contributed by atoms with van der Waals surface area (Å²) in [7, 11) is 0. The summed E-state index contributed by atoms with van der Waals surface area (Å²) >= 11 is 0. The highest BCUT2D eigenvalue weighted by atomic mass is 16.5. The van der Waals surface area contributed by atoms with Crippen LogP contribution in [-0.4, -0.2) is 23.5 Å². The molecule has 0 bridgehead atoms. The number of aryl methyl sites for hydroxylation is 2. The number of fused-ring (bicyclic) bond motifs is 1. The van der Waals surface area contributed by atoms with E-state index in [9.17, 15) is 9.59 Å². The number of benzene rings is 2. The Morgan fingerprint density at radius 1 is 1.12 bits per heavy atom. The summed E-state index contributed by atoms with van der Waals surface area (Å²) in [6.07, 6.45) is 2.74. The molecule has 0 atom stereocenters. The fourth-order valence-corrected chi connectivity index (χ4v) is 3.30. The standard InChI is InChI=1S/C21H22O4/c1-2-14-6-3-4-7-16(14)18-12-15-9-10-19(22)17(15)13-20(18)25-11-5-8-21(23)24/h3-4,6-7,12-13H,2,5,8-11H2,1H3,(H,23,24). The number of hydrogen-bond donors (Lipinski definition) is 1. The quantitative estimate of drug-likeness (QED) is 0.765. The maximum atomic E-state index is 12.1. The second kappa shape index (κ2) is 7.51. The Labute approximate surface area is 147 Å². The summed E-state index contributed by atoms with van der Waals surface area (Å²) in [6.45, 7) is 2.43. The first-order chi connectivity index (χ1) is 12.1. The van der Waals surface area contributed by atoms with Crippen molar-refractivity contribution in [2.45, 2.75) is 39.0 Å². The molecule has 0 amide bonds. The van der Waals surface area contributed by atoms with E-state index < -0.39 is 5.97 Å². The smallest absolute Gasteiger partial charge is 0.303 e. The maximum absolute atomic E-state index is 12.1. The van der Waals surface area contributed by atoms with Crippen LogP contribution in [0.25, 0.3) is 11.1 Å². The van der Waals surface area contributed by atoms with E-state index >= 15 is 0 Å². The highest BCUT2D eigenvalue weighted by Crippen LogP contribution is 2.38. The van der Waals surface area contributed by atoms with Gasteiger partial charge in [0.15, 0.2) is 5.78 Å². The van der Waals surface area contributed by atoms with Crippen LogP contribution < -0.4 is 4.74 Å². The zero-order valence-electron chi connectivity index (χ0n) is 14.4. The number of carbonyl (C=O) groups excluding carboxylic acids is 1. The number of ketones is 1. The van der Waals surface area contributed by atoms with E-state index in [1.807, 2.05) is 18.2 Å². The van der Waals surface area contributed by atoms with Gasteiger partial charge in [0.25, 0.3) is 0 Å². The number of carbonyl (C=O) groups is 2. The van der Waals surface area contributed by atoms with Gasteiger partial charge in [-0.1, -0.05) is 31.2 Å². The van der Waals surface area contributed by atoms with Crippen LogP contribution in [0.1, 0.15) is 47.7 Å². The Morgan fingerprint density at radius 2 is 1.92 bits per heavy atom. The molecule has 0 unspecified atom stereocenters. The molecule has 0 aliphatic heterocycles. The predicted octanol–water partition coefficient (Wildman–Crippen LogP) is 4.29. The molecule has 1 aliphatic rings. The predicted molar refractivity (Wildman–Crippen MR) is 96.3 cm³/mol. The Morgan fingerprint density at radius 3 is 2.68 bits per heavy atom. The fraction of sp³-hybridized carbons (Fsp3) is 0.333. The molecule has 4 nitrogen and oxygen atoms in total. The van der Waals surface area contributed by atoms with E-state index in [1.54, 1.807) is 0 Å². The van der Waals surface area contributed by atoms with Gasteiger partial charge in [-0.25, -0.2) is 0 Å².